The molecule has 0 saturated heterocycles. The Bertz CT molecular complexity index is 1030. The zero-order valence-corrected chi connectivity index (χ0v) is 17.7. The summed E-state index contributed by atoms with van der Waals surface area (Å²) in [5.41, 5.74) is 3.46. The van der Waals surface area contributed by atoms with Gasteiger partial charge in [-0.3, -0.25) is 9.59 Å². The second-order valence-corrected chi connectivity index (χ2v) is 7.55. The van der Waals surface area contributed by atoms with Gasteiger partial charge in [-0.05, 0) is 36.8 Å². The zero-order valence-electron chi connectivity index (χ0n) is 17.7. The normalized spacial score (nSPS) is 10.7. The van der Waals surface area contributed by atoms with Crippen molar-refractivity contribution in [2.24, 2.45) is 0 Å². The largest absolute Gasteiger partial charge is 0.356 e. The van der Waals surface area contributed by atoms with Crippen LogP contribution in [0.25, 0.3) is 22.0 Å². The quantitative estimate of drug-likeness (QED) is 0.512. The van der Waals surface area contributed by atoms with Gasteiger partial charge in [0, 0.05) is 31.0 Å². The molecule has 3 rings (SSSR count). The molecule has 2 amide bonds. The fraction of sp³-hybridized carbons (Fsp3) is 0.320. The number of rotatable bonds is 9. The molecule has 3 aromatic rings. The molecule has 2 N–H and O–H groups in total. The summed E-state index contributed by atoms with van der Waals surface area (Å²) in [7, 11) is 0. The van der Waals surface area contributed by atoms with E-state index in [2.05, 4.69) is 23.6 Å². The number of aromatic nitrogens is 1. The fourth-order valence-electron chi connectivity index (χ4n) is 3.52. The molecule has 1 aromatic heterocycles. The Labute approximate surface area is 177 Å². The number of fused-ring (bicyclic) bond motifs is 1. The van der Waals surface area contributed by atoms with Gasteiger partial charge < -0.3 is 10.6 Å². The van der Waals surface area contributed by atoms with E-state index in [4.69, 9.17) is 4.98 Å². The Balaban J connectivity index is 1.65. The van der Waals surface area contributed by atoms with Crippen molar-refractivity contribution in [2.45, 2.75) is 39.5 Å². The van der Waals surface area contributed by atoms with Crippen LogP contribution in [-0.4, -0.2) is 29.9 Å². The van der Waals surface area contributed by atoms with E-state index in [0.717, 1.165) is 53.3 Å². The van der Waals surface area contributed by atoms with Gasteiger partial charge in [0.15, 0.2) is 0 Å². The van der Waals surface area contributed by atoms with E-state index < -0.39 is 0 Å². The molecule has 0 spiro atoms. The van der Waals surface area contributed by atoms with E-state index >= 15 is 0 Å². The van der Waals surface area contributed by atoms with Gasteiger partial charge in [-0.25, -0.2) is 4.98 Å². The Morgan fingerprint density at radius 1 is 0.867 bits per heavy atom. The van der Waals surface area contributed by atoms with Crippen LogP contribution in [0.5, 0.6) is 0 Å². The van der Waals surface area contributed by atoms with Crippen LogP contribution in [0.4, 0.5) is 0 Å². The van der Waals surface area contributed by atoms with Crippen molar-refractivity contribution in [1.82, 2.24) is 15.6 Å². The highest BCUT2D eigenvalue weighted by atomic mass is 16.2. The van der Waals surface area contributed by atoms with Gasteiger partial charge in [-0.15, -0.1) is 0 Å². The third-order valence-electron chi connectivity index (χ3n) is 5.14. The summed E-state index contributed by atoms with van der Waals surface area (Å²) in [4.78, 5) is 28.3. The van der Waals surface area contributed by atoms with Gasteiger partial charge in [0.2, 0.25) is 5.91 Å². The Morgan fingerprint density at radius 3 is 2.27 bits per heavy atom. The maximum atomic E-state index is 12.7. The molecule has 1 heterocycles. The lowest BCUT2D eigenvalue weighted by Crippen LogP contribution is -2.25. The molecule has 0 aliphatic heterocycles. The van der Waals surface area contributed by atoms with E-state index in [1.54, 1.807) is 0 Å². The predicted molar refractivity (Wildman–Crippen MR) is 121 cm³/mol. The molecule has 0 aliphatic rings. The standard InChI is InChI=1S/C25H29N3O2/c1-18-11-5-7-13-21(18)24-22-14-8-6-12-20(22)17-23(28-24)25(30)27-16-10-4-3-9-15-26-19(2)29/h5-8,11-14,17H,3-4,9-10,15-16H2,1-2H3,(H,26,29)(H,27,30). The minimum Gasteiger partial charge on any atom is -0.356 e. The summed E-state index contributed by atoms with van der Waals surface area (Å²) in [6.07, 6.45) is 3.91. The zero-order chi connectivity index (χ0) is 21.3. The first-order chi connectivity index (χ1) is 14.6. The molecule has 5 heteroatoms. The van der Waals surface area contributed by atoms with E-state index in [1.807, 2.05) is 48.5 Å². The van der Waals surface area contributed by atoms with Crippen LogP contribution >= 0.6 is 0 Å². The second-order valence-electron chi connectivity index (χ2n) is 7.55. The lowest BCUT2D eigenvalue weighted by molar-refractivity contribution is -0.118. The van der Waals surface area contributed by atoms with Gasteiger partial charge in [0.25, 0.3) is 5.91 Å². The Hall–Kier alpha value is -3.21. The summed E-state index contributed by atoms with van der Waals surface area (Å²) in [5, 5.41) is 7.84. The van der Waals surface area contributed by atoms with Crippen LogP contribution in [0.2, 0.25) is 0 Å². The molecule has 0 atom stereocenters. The van der Waals surface area contributed by atoms with Gasteiger partial charge in [-0.1, -0.05) is 61.4 Å². The van der Waals surface area contributed by atoms with Crippen LogP contribution in [0, 0.1) is 6.92 Å². The van der Waals surface area contributed by atoms with Crippen LogP contribution in [-0.2, 0) is 4.79 Å². The van der Waals surface area contributed by atoms with Crippen LogP contribution in [0.15, 0.2) is 54.6 Å². The number of benzene rings is 2. The maximum Gasteiger partial charge on any atom is 0.269 e. The topological polar surface area (TPSA) is 71.1 Å². The molecule has 0 aliphatic carbocycles. The van der Waals surface area contributed by atoms with Crippen molar-refractivity contribution in [2.75, 3.05) is 13.1 Å². The van der Waals surface area contributed by atoms with E-state index in [-0.39, 0.29) is 11.8 Å². The number of hydrogen-bond acceptors (Lipinski definition) is 3. The highest BCUT2D eigenvalue weighted by Gasteiger charge is 2.14. The number of aryl methyl sites for hydroxylation is 1. The Morgan fingerprint density at radius 2 is 1.53 bits per heavy atom. The van der Waals surface area contributed by atoms with Gasteiger partial charge in [-0.2, -0.15) is 0 Å². The number of carbonyl (C=O) groups excluding carboxylic acids is 2. The molecule has 0 fully saturated rings. The molecule has 156 valence electrons. The van der Waals surface area contributed by atoms with Crippen molar-refractivity contribution >= 4 is 22.6 Å². The van der Waals surface area contributed by atoms with E-state index in [0.29, 0.717) is 18.8 Å². The summed E-state index contributed by atoms with van der Waals surface area (Å²) in [5.74, 6) is -0.135. The van der Waals surface area contributed by atoms with Gasteiger partial charge >= 0.3 is 0 Å². The van der Waals surface area contributed by atoms with Crippen molar-refractivity contribution < 1.29 is 9.59 Å². The lowest BCUT2D eigenvalue weighted by Gasteiger charge is -2.12. The van der Waals surface area contributed by atoms with E-state index in [9.17, 15) is 9.59 Å². The summed E-state index contributed by atoms with van der Waals surface area (Å²) in [6, 6.07) is 18.0. The minimum absolute atomic E-state index is 0.00946. The monoisotopic (exact) mass is 403 g/mol. The number of pyridine rings is 1. The second kappa shape index (κ2) is 10.5. The molecule has 0 bridgehead atoms. The third kappa shape index (κ3) is 5.66. The fourth-order valence-corrected chi connectivity index (χ4v) is 3.52. The van der Waals surface area contributed by atoms with Gasteiger partial charge in [0.1, 0.15) is 5.69 Å². The maximum absolute atomic E-state index is 12.7. The first-order valence-electron chi connectivity index (χ1n) is 10.5. The number of unbranched alkanes of at least 4 members (excludes halogenated alkanes) is 3. The van der Waals surface area contributed by atoms with Crippen LogP contribution in [0.1, 0.15) is 48.7 Å². The molecule has 2 aromatic carbocycles. The molecule has 5 nitrogen and oxygen atoms in total. The predicted octanol–water partition coefficient (Wildman–Crippen LogP) is 4.64. The summed E-state index contributed by atoms with van der Waals surface area (Å²) >= 11 is 0. The van der Waals surface area contributed by atoms with Crippen molar-refractivity contribution in [1.29, 1.82) is 0 Å². The first-order valence-corrected chi connectivity index (χ1v) is 10.5. The van der Waals surface area contributed by atoms with Crippen LogP contribution in [0.3, 0.4) is 0 Å². The first kappa shape index (κ1) is 21.5. The van der Waals surface area contributed by atoms with Crippen LogP contribution < -0.4 is 10.6 Å². The van der Waals surface area contributed by atoms with Crippen molar-refractivity contribution in [3.63, 3.8) is 0 Å². The van der Waals surface area contributed by atoms with Gasteiger partial charge in [0.05, 0.1) is 5.69 Å². The number of carbonyl (C=O) groups is 2. The lowest BCUT2D eigenvalue weighted by atomic mass is 9.99. The summed E-state index contributed by atoms with van der Waals surface area (Å²) < 4.78 is 0. The Kier molecular flexibility index (Phi) is 7.55. The van der Waals surface area contributed by atoms with Crippen molar-refractivity contribution in [3.05, 3.63) is 65.9 Å². The highest BCUT2D eigenvalue weighted by Crippen LogP contribution is 2.29. The SMILES string of the molecule is CC(=O)NCCCCCCNC(=O)c1cc2ccccc2c(-c2ccccc2C)n1. The van der Waals surface area contributed by atoms with Crippen molar-refractivity contribution in [3.8, 4) is 11.3 Å². The molecular formula is C25H29N3O2. The minimum atomic E-state index is -0.145. The molecule has 0 radical (unpaired) electrons. The molecule has 0 unspecified atom stereocenters. The number of amides is 2. The smallest absolute Gasteiger partial charge is 0.269 e. The third-order valence-corrected chi connectivity index (χ3v) is 5.14. The summed E-state index contributed by atoms with van der Waals surface area (Å²) in [6.45, 7) is 4.92. The average molecular weight is 404 g/mol. The average Bonchev–Trinajstić information content (AvgIpc) is 2.75. The number of nitrogens with zero attached hydrogens (tertiary/aromatic N) is 1. The van der Waals surface area contributed by atoms with E-state index in [1.165, 1.54) is 6.92 Å². The number of hydrogen-bond donors (Lipinski definition) is 2. The molecule has 0 saturated carbocycles. The molecule has 30 heavy (non-hydrogen) atoms. The number of nitrogens with one attached hydrogen (secondary N) is 2. The highest BCUT2D eigenvalue weighted by molar-refractivity contribution is 6.01. The molecular weight excluding hydrogens is 374 g/mol.